The Morgan fingerprint density at radius 1 is 1.33 bits per heavy atom. The summed E-state index contributed by atoms with van der Waals surface area (Å²) >= 11 is 0. The summed E-state index contributed by atoms with van der Waals surface area (Å²) in [7, 11) is 1.89. The Hall–Kier alpha value is -1.57. The van der Waals surface area contributed by atoms with E-state index in [-0.39, 0.29) is 11.8 Å². The predicted octanol–water partition coefficient (Wildman–Crippen LogP) is 1.89. The molecule has 1 fully saturated rings. The fraction of sp³-hybridized carbons (Fsp3) is 0.308. The first kappa shape index (κ1) is 8.72. The van der Waals surface area contributed by atoms with Crippen molar-refractivity contribution >= 4 is 12.0 Å². The smallest absolute Gasteiger partial charge is 0.229 e. The number of fused-ring (bicyclic) bond motifs is 3. The van der Waals surface area contributed by atoms with E-state index < -0.39 is 0 Å². The fourth-order valence-corrected chi connectivity index (χ4v) is 2.64. The quantitative estimate of drug-likeness (QED) is 0.624. The summed E-state index contributed by atoms with van der Waals surface area (Å²) in [4.78, 5) is 13.7. The van der Waals surface area contributed by atoms with Gasteiger partial charge in [0.1, 0.15) is 0 Å². The van der Waals surface area contributed by atoms with Crippen molar-refractivity contribution in [1.82, 2.24) is 4.90 Å². The van der Waals surface area contributed by atoms with Crippen LogP contribution in [0.3, 0.4) is 0 Å². The third-order valence-corrected chi connectivity index (χ3v) is 3.44. The number of amides is 1. The van der Waals surface area contributed by atoms with Crippen molar-refractivity contribution in [1.29, 1.82) is 0 Å². The van der Waals surface area contributed by atoms with Crippen LogP contribution in [0.25, 0.3) is 6.08 Å². The van der Waals surface area contributed by atoms with Crippen LogP contribution in [0.5, 0.6) is 0 Å². The highest BCUT2D eigenvalue weighted by Gasteiger charge is 2.39. The minimum atomic E-state index is 0.0740. The Morgan fingerprint density at radius 3 is 3.00 bits per heavy atom. The molecule has 2 unspecified atom stereocenters. The summed E-state index contributed by atoms with van der Waals surface area (Å²) < 4.78 is 0. The minimum Gasteiger partial charge on any atom is -0.345 e. The first-order valence-corrected chi connectivity index (χ1v) is 5.29. The monoisotopic (exact) mass is 199 g/mol. The molecule has 0 radical (unpaired) electrons. The molecule has 1 saturated heterocycles. The van der Waals surface area contributed by atoms with Crippen molar-refractivity contribution in [2.45, 2.75) is 5.92 Å². The molecule has 3 rings (SSSR count). The zero-order valence-corrected chi connectivity index (χ0v) is 8.68. The van der Waals surface area contributed by atoms with Crippen LogP contribution in [0.2, 0.25) is 0 Å². The van der Waals surface area contributed by atoms with Crippen molar-refractivity contribution < 1.29 is 4.79 Å². The van der Waals surface area contributed by atoms with Gasteiger partial charge in [-0.2, -0.15) is 0 Å². The van der Waals surface area contributed by atoms with E-state index in [0.717, 1.165) is 6.54 Å². The number of likely N-dealkylation sites (tertiary alicyclic amines) is 1. The van der Waals surface area contributed by atoms with E-state index in [2.05, 4.69) is 30.4 Å². The lowest BCUT2D eigenvalue weighted by molar-refractivity contribution is -0.128. The van der Waals surface area contributed by atoms with Crippen molar-refractivity contribution in [2.75, 3.05) is 13.6 Å². The Labute approximate surface area is 89.2 Å². The molecule has 0 N–H and O–H groups in total. The molecule has 0 spiro atoms. The van der Waals surface area contributed by atoms with E-state index in [1.165, 1.54) is 11.1 Å². The van der Waals surface area contributed by atoms with Gasteiger partial charge in [0.25, 0.3) is 0 Å². The van der Waals surface area contributed by atoms with E-state index in [4.69, 9.17) is 0 Å². The van der Waals surface area contributed by atoms with Crippen LogP contribution in [0.4, 0.5) is 0 Å². The zero-order chi connectivity index (χ0) is 10.4. The van der Waals surface area contributed by atoms with Gasteiger partial charge in [-0.05, 0) is 11.1 Å². The average Bonchev–Trinajstić information content (AvgIpc) is 2.56. The highest BCUT2D eigenvalue weighted by Crippen LogP contribution is 2.39. The van der Waals surface area contributed by atoms with Crippen LogP contribution in [0.15, 0.2) is 30.3 Å². The Balaban J connectivity index is 2.11. The van der Waals surface area contributed by atoms with Crippen molar-refractivity contribution in [3.63, 3.8) is 0 Å². The van der Waals surface area contributed by atoms with Gasteiger partial charge < -0.3 is 4.90 Å². The van der Waals surface area contributed by atoms with Crippen LogP contribution in [-0.4, -0.2) is 24.4 Å². The molecular weight excluding hydrogens is 186 g/mol. The lowest BCUT2D eigenvalue weighted by atomic mass is 9.81. The molecule has 1 aliphatic carbocycles. The maximum absolute atomic E-state index is 11.8. The summed E-state index contributed by atoms with van der Waals surface area (Å²) in [5.41, 5.74) is 2.59. The van der Waals surface area contributed by atoms with Crippen LogP contribution in [0, 0.1) is 5.92 Å². The van der Waals surface area contributed by atoms with Gasteiger partial charge in [-0.3, -0.25) is 4.79 Å². The molecule has 15 heavy (non-hydrogen) atoms. The topological polar surface area (TPSA) is 20.3 Å². The molecule has 0 bridgehead atoms. The van der Waals surface area contributed by atoms with Crippen molar-refractivity contribution in [3.05, 3.63) is 41.5 Å². The molecule has 2 atom stereocenters. The number of carbonyl (C=O) groups is 1. The predicted molar refractivity (Wildman–Crippen MR) is 59.3 cm³/mol. The molecule has 2 heteroatoms. The molecule has 1 amide bonds. The van der Waals surface area contributed by atoms with Gasteiger partial charge in [0.05, 0.1) is 5.92 Å². The normalized spacial score (nSPS) is 27.8. The Bertz CT molecular complexity index is 450. The molecular formula is C13H13NO. The van der Waals surface area contributed by atoms with E-state index in [0.29, 0.717) is 5.92 Å². The van der Waals surface area contributed by atoms with Crippen molar-refractivity contribution in [2.24, 2.45) is 5.92 Å². The number of nitrogens with zero attached hydrogens (tertiary/aromatic N) is 1. The van der Waals surface area contributed by atoms with Gasteiger partial charge in [-0.1, -0.05) is 36.4 Å². The largest absolute Gasteiger partial charge is 0.345 e. The lowest BCUT2D eigenvalue weighted by Crippen LogP contribution is -2.21. The molecule has 0 saturated carbocycles. The van der Waals surface area contributed by atoms with Crippen LogP contribution < -0.4 is 0 Å². The third-order valence-electron chi connectivity index (χ3n) is 3.44. The SMILES string of the molecule is CN1CC2c3ccccc3C=CC2C1=O. The highest BCUT2D eigenvalue weighted by atomic mass is 16.2. The fourth-order valence-electron chi connectivity index (χ4n) is 2.64. The summed E-state index contributed by atoms with van der Waals surface area (Å²) in [5.74, 6) is 0.694. The van der Waals surface area contributed by atoms with Gasteiger partial charge >= 0.3 is 0 Å². The first-order valence-electron chi connectivity index (χ1n) is 5.29. The second-order valence-corrected chi connectivity index (χ2v) is 4.34. The average molecular weight is 199 g/mol. The summed E-state index contributed by atoms with van der Waals surface area (Å²) in [6, 6.07) is 8.36. The maximum atomic E-state index is 11.8. The second kappa shape index (κ2) is 2.96. The maximum Gasteiger partial charge on any atom is 0.229 e. The number of benzene rings is 1. The van der Waals surface area contributed by atoms with Crippen LogP contribution in [-0.2, 0) is 4.79 Å². The lowest BCUT2D eigenvalue weighted by Gasteiger charge is -2.20. The molecule has 1 heterocycles. The molecule has 1 aliphatic heterocycles. The van der Waals surface area contributed by atoms with Crippen LogP contribution >= 0.6 is 0 Å². The van der Waals surface area contributed by atoms with Crippen LogP contribution in [0.1, 0.15) is 17.0 Å². The van der Waals surface area contributed by atoms with E-state index in [9.17, 15) is 4.79 Å². The first-order chi connectivity index (χ1) is 7.27. The second-order valence-electron chi connectivity index (χ2n) is 4.34. The number of hydrogen-bond acceptors (Lipinski definition) is 1. The minimum absolute atomic E-state index is 0.0740. The highest BCUT2D eigenvalue weighted by molar-refractivity contribution is 5.86. The zero-order valence-electron chi connectivity index (χ0n) is 8.68. The molecule has 1 aromatic rings. The number of rotatable bonds is 0. The molecule has 2 aliphatic rings. The number of likely N-dealkylation sites (N-methyl/N-ethyl adjacent to an activating group) is 1. The Morgan fingerprint density at radius 2 is 2.13 bits per heavy atom. The van der Waals surface area contributed by atoms with E-state index in [1.54, 1.807) is 0 Å². The van der Waals surface area contributed by atoms with Gasteiger partial charge in [0, 0.05) is 19.5 Å². The van der Waals surface area contributed by atoms with Gasteiger partial charge in [0.15, 0.2) is 0 Å². The summed E-state index contributed by atoms with van der Waals surface area (Å²) in [6.07, 6.45) is 4.13. The number of hydrogen-bond donors (Lipinski definition) is 0. The van der Waals surface area contributed by atoms with Gasteiger partial charge in [0.2, 0.25) is 5.91 Å². The molecule has 0 aromatic heterocycles. The third kappa shape index (κ3) is 1.14. The molecule has 76 valence electrons. The molecule has 2 nitrogen and oxygen atoms in total. The Kier molecular flexibility index (Phi) is 1.72. The van der Waals surface area contributed by atoms with E-state index in [1.807, 2.05) is 18.0 Å². The van der Waals surface area contributed by atoms with E-state index >= 15 is 0 Å². The van der Waals surface area contributed by atoms with Crippen molar-refractivity contribution in [3.8, 4) is 0 Å². The number of carbonyl (C=O) groups excluding carboxylic acids is 1. The van der Waals surface area contributed by atoms with Gasteiger partial charge in [-0.25, -0.2) is 0 Å². The summed E-state index contributed by atoms with van der Waals surface area (Å²) in [5, 5.41) is 0. The molecule has 1 aromatic carbocycles. The van der Waals surface area contributed by atoms with Gasteiger partial charge in [-0.15, -0.1) is 0 Å². The summed E-state index contributed by atoms with van der Waals surface area (Å²) in [6.45, 7) is 0.852. The standard InChI is InChI=1S/C13H13NO/c1-14-8-12-10-5-3-2-4-9(10)6-7-11(12)13(14)15/h2-7,11-12H,8H2,1H3.